The number of rotatable bonds is 4. The smallest absolute Gasteiger partial charge is 0.399 e. The number of benzene rings is 5. The molecule has 0 aliphatic carbocycles. The molecule has 5 nitrogen and oxygen atoms in total. The minimum atomic E-state index is -0.567. The predicted octanol–water partition coefficient (Wildman–Crippen LogP) is 8.09. The van der Waals surface area contributed by atoms with Gasteiger partial charge in [-0.25, -0.2) is 4.98 Å². The maximum atomic E-state index is 6.77. The molecule has 5 aromatic carbocycles. The van der Waals surface area contributed by atoms with Crippen molar-refractivity contribution in [2.75, 3.05) is 0 Å². The first kappa shape index (κ1) is 26.0. The van der Waals surface area contributed by atoms with E-state index < -0.39 is 18.3 Å². The number of fused-ring (bicyclic) bond motifs is 5. The van der Waals surface area contributed by atoms with Gasteiger partial charge in [-0.2, -0.15) is 0 Å². The van der Waals surface area contributed by atoms with Crippen LogP contribution in [0.5, 0.6) is 0 Å². The zero-order valence-corrected chi connectivity index (χ0v) is 24.8. The van der Waals surface area contributed by atoms with Gasteiger partial charge < -0.3 is 13.9 Å². The predicted molar refractivity (Wildman–Crippen MR) is 177 cm³/mol. The monoisotopic (exact) mass is 561 g/mol. The summed E-state index contributed by atoms with van der Waals surface area (Å²) in [6.07, 6.45) is 0. The van der Waals surface area contributed by atoms with Crippen molar-refractivity contribution in [1.29, 1.82) is 0 Å². The third-order valence-corrected chi connectivity index (χ3v) is 9.16. The van der Waals surface area contributed by atoms with Crippen molar-refractivity contribution in [3.63, 3.8) is 0 Å². The Morgan fingerprint density at radius 2 is 1.14 bits per heavy atom. The number of hydrogen-bond donors (Lipinski definition) is 0. The van der Waals surface area contributed by atoms with Gasteiger partial charge >= 0.3 is 7.12 Å². The third kappa shape index (κ3) is 3.90. The number of hydrogen-bond acceptors (Lipinski definition) is 3. The van der Waals surface area contributed by atoms with Gasteiger partial charge in [-0.15, -0.1) is 0 Å². The second-order valence-electron chi connectivity index (χ2n) is 12.3. The first-order valence-corrected chi connectivity index (χ1v) is 14.8. The summed E-state index contributed by atoms with van der Waals surface area (Å²) in [7, 11) is -0.567. The summed E-state index contributed by atoms with van der Waals surface area (Å²) >= 11 is 0. The maximum Gasteiger partial charge on any atom is 0.497 e. The van der Waals surface area contributed by atoms with Crippen molar-refractivity contribution < 1.29 is 9.31 Å². The SMILES string of the molecule is CC1(C)OB(c2cc3c(nc(-c4ccccc4)n3-c3ccccc3)c3c4ccccc4n(-c4ccccc4)c23)OC1(C)C. The molecule has 43 heavy (non-hydrogen) atoms. The number of aromatic nitrogens is 3. The molecule has 1 saturated heterocycles. The Balaban J connectivity index is 1.58. The Kier molecular flexibility index (Phi) is 5.71. The Labute approximate surface area is 251 Å². The van der Waals surface area contributed by atoms with E-state index in [1.165, 1.54) is 0 Å². The van der Waals surface area contributed by atoms with Crippen LogP contribution in [-0.4, -0.2) is 32.4 Å². The highest BCUT2D eigenvalue weighted by molar-refractivity contribution is 6.66. The van der Waals surface area contributed by atoms with Gasteiger partial charge in [-0.05, 0) is 64.1 Å². The maximum absolute atomic E-state index is 6.77. The lowest BCUT2D eigenvalue weighted by Gasteiger charge is -2.32. The van der Waals surface area contributed by atoms with Crippen LogP contribution in [0.3, 0.4) is 0 Å². The summed E-state index contributed by atoms with van der Waals surface area (Å²) in [4.78, 5) is 5.44. The van der Waals surface area contributed by atoms with Crippen LogP contribution in [0.15, 0.2) is 121 Å². The largest absolute Gasteiger partial charge is 0.497 e. The summed E-state index contributed by atoms with van der Waals surface area (Å²) in [5.41, 5.74) is 7.32. The van der Waals surface area contributed by atoms with Crippen LogP contribution < -0.4 is 5.46 Å². The second kappa shape index (κ2) is 9.43. The second-order valence-corrected chi connectivity index (χ2v) is 12.3. The van der Waals surface area contributed by atoms with Crippen LogP contribution in [0.4, 0.5) is 0 Å². The van der Waals surface area contributed by atoms with Gasteiger partial charge in [0.15, 0.2) is 0 Å². The lowest BCUT2D eigenvalue weighted by molar-refractivity contribution is 0.00578. The van der Waals surface area contributed by atoms with Crippen LogP contribution in [-0.2, 0) is 9.31 Å². The summed E-state index contributed by atoms with van der Waals surface area (Å²) in [6, 6.07) is 42.3. The van der Waals surface area contributed by atoms with E-state index in [-0.39, 0.29) is 0 Å². The quantitative estimate of drug-likeness (QED) is 0.204. The van der Waals surface area contributed by atoms with E-state index >= 15 is 0 Å². The van der Waals surface area contributed by atoms with Crippen LogP contribution >= 0.6 is 0 Å². The average Bonchev–Trinajstić information content (AvgIpc) is 3.64. The zero-order chi connectivity index (χ0) is 29.3. The van der Waals surface area contributed by atoms with E-state index in [1.807, 2.05) is 12.1 Å². The first-order valence-electron chi connectivity index (χ1n) is 14.8. The normalized spacial score (nSPS) is 16.0. The molecule has 0 radical (unpaired) electrons. The lowest BCUT2D eigenvalue weighted by atomic mass is 9.77. The van der Waals surface area contributed by atoms with Gasteiger partial charge in [0, 0.05) is 33.2 Å². The van der Waals surface area contributed by atoms with Crippen molar-refractivity contribution in [2.24, 2.45) is 0 Å². The molecule has 0 N–H and O–H groups in total. The third-order valence-electron chi connectivity index (χ3n) is 9.16. The Morgan fingerprint density at radius 1 is 0.605 bits per heavy atom. The van der Waals surface area contributed by atoms with Gasteiger partial charge in [0.1, 0.15) is 5.82 Å². The van der Waals surface area contributed by atoms with Crippen molar-refractivity contribution in [3.8, 4) is 22.8 Å². The highest BCUT2D eigenvalue weighted by Gasteiger charge is 2.52. The molecule has 2 aromatic heterocycles. The average molecular weight is 561 g/mol. The molecule has 0 spiro atoms. The van der Waals surface area contributed by atoms with Crippen LogP contribution in [0.1, 0.15) is 27.7 Å². The van der Waals surface area contributed by atoms with Crippen molar-refractivity contribution in [2.45, 2.75) is 38.9 Å². The van der Waals surface area contributed by atoms with Crippen LogP contribution in [0.25, 0.3) is 55.6 Å². The summed E-state index contributed by atoms with van der Waals surface area (Å²) in [6.45, 7) is 8.43. The Bertz CT molecular complexity index is 2120. The summed E-state index contributed by atoms with van der Waals surface area (Å²) in [5.74, 6) is 0.894. The van der Waals surface area contributed by atoms with Gasteiger partial charge in [0.25, 0.3) is 0 Å². The number of nitrogens with zero attached hydrogens (tertiary/aromatic N) is 3. The van der Waals surface area contributed by atoms with Gasteiger partial charge in [-0.1, -0.05) is 84.9 Å². The van der Waals surface area contributed by atoms with Crippen molar-refractivity contribution in [1.82, 2.24) is 14.1 Å². The molecular formula is C37H32BN3O2. The van der Waals surface area contributed by atoms with Crippen molar-refractivity contribution >= 4 is 45.4 Å². The molecule has 210 valence electrons. The molecular weight excluding hydrogens is 529 g/mol. The molecule has 3 heterocycles. The van der Waals surface area contributed by atoms with E-state index in [2.05, 4.69) is 146 Å². The lowest BCUT2D eigenvalue weighted by Crippen LogP contribution is -2.41. The fourth-order valence-corrected chi connectivity index (χ4v) is 6.33. The fraction of sp³-hybridized carbons (Fsp3) is 0.162. The van der Waals surface area contributed by atoms with Crippen LogP contribution in [0.2, 0.25) is 0 Å². The van der Waals surface area contributed by atoms with Crippen LogP contribution in [0, 0.1) is 0 Å². The Hall–Kier alpha value is -4.65. The molecule has 6 heteroatoms. The number of imidazole rings is 1. The van der Waals surface area contributed by atoms with Gasteiger partial charge in [0.2, 0.25) is 0 Å². The highest BCUT2D eigenvalue weighted by atomic mass is 16.7. The van der Waals surface area contributed by atoms with Crippen molar-refractivity contribution in [3.05, 3.63) is 121 Å². The number of para-hydroxylation sites is 3. The molecule has 1 aliphatic heterocycles. The van der Waals surface area contributed by atoms with Gasteiger partial charge in [0.05, 0.1) is 33.3 Å². The molecule has 0 atom stereocenters. The van der Waals surface area contributed by atoms with E-state index in [4.69, 9.17) is 14.3 Å². The molecule has 8 rings (SSSR count). The molecule has 0 saturated carbocycles. The summed E-state index contributed by atoms with van der Waals surface area (Å²) in [5, 5.41) is 2.23. The van der Waals surface area contributed by atoms with E-state index in [0.717, 1.165) is 61.1 Å². The molecule has 1 fully saturated rings. The highest BCUT2D eigenvalue weighted by Crippen LogP contribution is 2.41. The molecule has 1 aliphatic rings. The minimum absolute atomic E-state index is 0.489. The molecule has 7 aromatic rings. The minimum Gasteiger partial charge on any atom is -0.399 e. The van der Waals surface area contributed by atoms with Gasteiger partial charge in [-0.3, -0.25) is 4.57 Å². The fourth-order valence-electron chi connectivity index (χ4n) is 6.33. The standard InChI is InChI=1S/C37H32BN3O2/c1-36(2)37(3,4)43-38(42-36)29-24-31-33(39-35(25-16-8-5-9-17-25)41(31)27-20-12-7-13-21-27)32-28-22-14-15-23-30(28)40(34(29)32)26-18-10-6-11-19-26/h5-24H,1-4H3. The molecule has 0 bridgehead atoms. The van der Waals surface area contributed by atoms with E-state index in [0.29, 0.717) is 0 Å². The zero-order valence-electron chi connectivity index (χ0n) is 24.8. The first-order chi connectivity index (χ1) is 20.8. The summed E-state index contributed by atoms with van der Waals surface area (Å²) < 4.78 is 18.1. The van der Waals surface area contributed by atoms with E-state index in [9.17, 15) is 0 Å². The topological polar surface area (TPSA) is 41.2 Å². The molecule has 0 amide bonds. The molecule has 0 unspecified atom stereocenters. The van der Waals surface area contributed by atoms with E-state index in [1.54, 1.807) is 0 Å². The Morgan fingerprint density at radius 3 is 1.77 bits per heavy atom.